The first kappa shape index (κ1) is 13.8. The van der Waals surface area contributed by atoms with Crippen molar-refractivity contribution < 1.29 is 9.21 Å². The lowest BCUT2D eigenvalue weighted by Crippen LogP contribution is -2.48. The summed E-state index contributed by atoms with van der Waals surface area (Å²) in [6.07, 6.45) is 0. The van der Waals surface area contributed by atoms with E-state index in [1.807, 2.05) is 26.1 Å². The molecule has 1 aromatic carbocycles. The second-order valence-corrected chi connectivity index (χ2v) is 5.58. The number of carbonyl (C=O) groups excluding carboxylic acids is 1. The summed E-state index contributed by atoms with van der Waals surface area (Å²) in [6.45, 7) is 4.89. The molecular weight excluding hydrogens is 268 g/mol. The van der Waals surface area contributed by atoms with Gasteiger partial charge >= 0.3 is 5.63 Å². The topological polar surface area (TPSA) is 53.8 Å². The summed E-state index contributed by atoms with van der Waals surface area (Å²) in [5.74, 6) is -0.236. The zero-order chi connectivity index (χ0) is 15.0. The molecule has 5 nitrogen and oxygen atoms in total. The molecule has 0 aliphatic carbocycles. The van der Waals surface area contributed by atoms with Gasteiger partial charge in [-0.1, -0.05) is 11.6 Å². The number of likely N-dealkylation sites (N-methyl/N-ethyl adjacent to an activating group) is 1. The van der Waals surface area contributed by atoms with Crippen LogP contribution in [-0.2, 0) is 0 Å². The molecule has 0 atom stereocenters. The predicted octanol–water partition coefficient (Wildman–Crippen LogP) is 1.49. The van der Waals surface area contributed by atoms with E-state index in [9.17, 15) is 9.59 Å². The highest BCUT2D eigenvalue weighted by molar-refractivity contribution is 5.96. The van der Waals surface area contributed by atoms with Crippen LogP contribution < -0.4 is 5.63 Å². The zero-order valence-corrected chi connectivity index (χ0v) is 12.3. The average Bonchev–Trinajstić information content (AvgIpc) is 2.47. The Kier molecular flexibility index (Phi) is 3.51. The van der Waals surface area contributed by atoms with Gasteiger partial charge in [-0.3, -0.25) is 4.79 Å². The van der Waals surface area contributed by atoms with Crippen molar-refractivity contribution in [2.45, 2.75) is 6.92 Å². The first-order valence-corrected chi connectivity index (χ1v) is 7.07. The summed E-state index contributed by atoms with van der Waals surface area (Å²) in [6, 6.07) is 7.21. The number of hydrogen-bond donors (Lipinski definition) is 0. The molecule has 1 aromatic heterocycles. The SMILES string of the molecule is Cc1ccc2oc(=O)c(C(=O)N3CCN(C)CC3)cc2c1. The Bertz CT molecular complexity index is 743. The molecule has 0 bridgehead atoms. The zero-order valence-electron chi connectivity index (χ0n) is 12.3. The first-order valence-electron chi connectivity index (χ1n) is 7.07. The van der Waals surface area contributed by atoms with Crippen molar-refractivity contribution in [1.29, 1.82) is 0 Å². The van der Waals surface area contributed by atoms with E-state index < -0.39 is 5.63 Å². The quantitative estimate of drug-likeness (QED) is 0.745. The second kappa shape index (κ2) is 5.33. The lowest BCUT2D eigenvalue weighted by Gasteiger charge is -2.32. The van der Waals surface area contributed by atoms with E-state index in [2.05, 4.69) is 4.90 Å². The molecule has 2 heterocycles. The molecule has 0 unspecified atom stereocenters. The van der Waals surface area contributed by atoms with E-state index in [1.54, 1.807) is 17.0 Å². The van der Waals surface area contributed by atoms with Crippen LogP contribution in [0.1, 0.15) is 15.9 Å². The standard InChI is InChI=1S/C16H18N2O3/c1-11-3-4-14-12(9-11)10-13(16(20)21-14)15(19)18-7-5-17(2)6-8-18/h3-4,9-10H,5-8H2,1-2H3. The maximum absolute atomic E-state index is 12.5. The number of aryl methyl sites for hydroxylation is 1. The van der Waals surface area contributed by atoms with Crippen molar-refractivity contribution in [3.63, 3.8) is 0 Å². The summed E-state index contributed by atoms with van der Waals surface area (Å²) < 4.78 is 5.27. The van der Waals surface area contributed by atoms with E-state index in [1.165, 1.54) is 0 Å². The maximum atomic E-state index is 12.5. The van der Waals surface area contributed by atoms with Crippen LogP contribution in [0.2, 0.25) is 0 Å². The third-order valence-electron chi connectivity index (χ3n) is 3.91. The van der Waals surface area contributed by atoms with Crippen LogP contribution in [0.5, 0.6) is 0 Å². The molecule has 0 saturated carbocycles. The van der Waals surface area contributed by atoms with Gasteiger partial charge in [0, 0.05) is 31.6 Å². The maximum Gasteiger partial charge on any atom is 0.349 e. The van der Waals surface area contributed by atoms with E-state index >= 15 is 0 Å². The molecular formula is C16H18N2O3. The van der Waals surface area contributed by atoms with Crippen LogP contribution in [0.25, 0.3) is 11.0 Å². The van der Waals surface area contributed by atoms with Crippen LogP contribution in [-0.4, -0.2) is 48.9 Å². The van der Waals surface area contributed by atoms with Gasteiger partial charge in [-0.25, -0.2) is 4.79 Å². The molecule has 0 radical (unpaired) electrons. The van der Waals surface area contributed by atoms with Gasteiger partial charge in [0.05, 0.1) is 0 Å². The minimum absolute atomic E-state index is 0.123. The highest BCUT2D eigenvalue weighted by atomic mass is 16.4. The molecule has 1 aliphatic rings. The smallest absolute Gasteiger partial charge is 0.349 e. The van der Waals surface area contributed by atoms with Crippen LogP contribution in [0.15, 0.2) is 33.5 Å². The van der Waals surface area contributed by atoms with Gasteiger partial charge in [0.1, 0.15) is 11.1 Å². The summed E-state index contributed by atoms with van der Waals surface area (Å²) in [4.78, 5) is 28.4. The lowest BCUT2D eigenvalue weighted by atomic mass is 10.1. The molecule has 1 saturated heterocycles. The summed E-state index contributed by atoms with van der Waals surface area (Å²) >= 11 is 0. The number of piperazine rings is 1. The van der Waals surface area contributed by atoms with Crippen molar-refractivity contribution in [2.24, 2.45) is 0 Å². The van der Waals surface area contributed by atoms with Crippen molar-refractivity contribution in [3.8, 4) is 0 Å². The third-order valence-corrected chi connectivity index (χ3v) is 3.91. The summed E-state index contributed by atoms with van der Waals surface area (Å²) in [5, 5.41) is 0.784. The fraction of sp³-hybridized carbons (Fsp3) is 0.375. The summed E-state index contributed by atoms with van der Waals surface area (Å²) in [7, 11) is 2.02. The third kappa shape index (κ3) is 2.69. The minimum atomic E-state index is -0.560. The summed E-state index contributed by atoms with van der Waals surface area (Å²) in [5.41, 5.74) is 1.14. The molecule has 1 amide bonds. The van der Waals surface area contributed by atoms with E-state index in [-0.39, 0.29) is 11.5 Å². The second-order valence-electron chi connectivity index (χ2n) is 5.58. The average molecular weight is 286 g/mol. The predicted molar refractivity (Wildman–Crippen MR) is 80.6 cm³/mol. The highest BCUT2D eigenvalue weighted by Crippen LogP contribution is 2.16. The number of fused-ring (bicyclic) bond motifs is 1. The van der Waals surface area contributed by atoms with Crippen molar-refractivity contribution in [3.05, 3.63) is 45.8 Å². The number of benzene rings is 1. The van der Waals surface area contributed by atoms with Gasteiger partial charge in [0.25, 0.3) is 5.91 Å². The molecule has 2 aromatic rings. The number of hydrogen-bond acceptors (Lipinski definition) is 4. The molecule has 0 N–H and O–H groups in total. The van der Waals surface area contributed by atoms with Gasteiger partial charge in [0.15, 0.2) is 0 Å². The van der Waals surface area contributed by atoms with Crippen molar-refractivity contribution in [1.82, 2.24) is 9.80 Å². The van der Waals surface area contributed by atoms with Gasteiger partial charge in [-0.2, -0.15) is 0 Å². The fourth-order valence-corrected chi connectivity index (χ4v) is 2.57. The van der Waals surface area contributed by atoms with Crippen molar-refractivity contribution in [2.75, 3.05) is 33.2 Å². The number of carbonyl (C=O) groups is 1. The number of amides is 1. The van der Waals surface area contributed by atoms with Gasteiger partial charge in [-0.15, -0.1) is 0 Å². The van der Waals surface area contributed by atoms with Crippen LogP contribution in [0, 0.1) is 6.92 Å². The molecule has 21 heavy (non-hydrogen) atoms. The van der Waals surface area contributed by atoms with Crippen LogP contribution >= 0.6 is 0 Å². The largest absolute Gasteiger partial charge is 0.422 e. The van der Waals surface area contributed by atoms with E-state index in [0.29, 0.717) is 18.7 Å². The molecule has 3 rings (SSSR count). The number of rotatable bonds is 1. The fourth-order valence-electron chi connectivity index (χ4n) is 2.57. The van der Waals surface area contributed by atoms with Gasteiger partial charge < -0.3 is 14.2 Å². The van der Waals surface area contributed by atoms with Gasteiger partial charge in [0.2, 0.25) is 0 Å². The van der Waals surface area contributed by atoms with Crippen LogP contribution in [0.4, 0.5) is 0 Å². The molecule has 0 spiro atoms. The Labute approximate surface area is 122 Å². The van der Waals surface area contributed by atoms with Crippen LogP contribution in [0.3, 0.4) is 0 Å². The molecule has 1 aliphatic heterocycles. The van der Waals surface area contributed by atoms with Gasteiger partial charge in [-0.05, 0) is 32.2 Å². The first-order chi connectivity index (χ1) is 10.0. The monoisotopic (exact) mass is 286 g/mol. The molecule has 1 fully saturated rings. The number of nitrogens with zero attached hydrogens (tertiary/aromatic N) is 2. The van der Waals surface area contributed by atoms with E-state index in [0.717, 1.165) is 24.0 Å². The normalized spacial score (nSPS) is 16.4. The Morgan fingerprint density at radius 3 is 2.57 bits per heavy atom. The highest BCUT2D eigenvalue weighted by Gasteiger charge is 2.23. The minimum Gasteiger partial charge on any atom is -0.422 e. The Morgan fingerprint density at radius 1 is 1.14 bits per heavy atom. The Balaban J connectivity index is 1.97. The van der Waals surface area contributed by atoms with E-state index in [4.69, 9.17) is 4.42 Å². The van der Waals surface area contributed by atoms with Crippen molar-refractivity contribution >= 4 is 16.9 Å². The molecule has 5 heteroatoms. The Morgan fingerprint density at radius 2 is 1.86 bits per heavy atom. The molecule has 110 valence electrons. The Hall–Kier alpha value is -2.14. The lowest BCUT2D eigenvalue weighted by molar-refractivity contribution is 0.0660.